The summed E-state index contributed by atoms with van der Waals surface area (Å²) >= 11 is 0. The van der Waals surface area contributed by atoms with Crippen LogP contribution in [0.3, 0.4) is 0 Å². The highest BCUT2D eigenvalue weighted by Crippen LogP contribution is 2.44. The lowest BCUT2D eigenvalue weighted by atomic mass is 10.0. The van der Waals surface area contributed by atoms with Crippen LogP contribution in [-0.4, -0.2) is 68.1 Å². The number of rotatable bonds is 10. The van der Waals surface area contributed by atoms with Crippen molar-refractivity contribution in [3.05, 3.63) is 53.6 Å². The van der Waals surface area contributed by atoms with Crippen LogP contribution in [0.5, 0.6) is 17.2 Å². The Bertz CT molecular complexity index is 1070. The second-order valence-corrected chi connectivity index (χ2v) is 9.17. The Kier molecular flexibility index (Phi) is 7.66. The van der Waals surface area contributed by atoms with E-state index in [4.69, 9.17) is 14.2 Å². The van der Waals surface area contributed by atoms with Gasteiger partial charge in [0, 0.05) is 18.7 Å². The van der Waals surface area contributed by atoms with Crippen LogP contribution in [0.2, 0.25) is 0 Å². The fourth-order valence-electron chi connectivity index (χ4n) is 5.19. The summed E-state index contributed by atoms with van der Waals surface area (Å²) in [4.78, 5) is 29.2. The lowest BCUT2D eigenvalue weighted by Crippen LogP contribution is -2.61. The molecule has 194 valence electrons. The minimum absolute atomic E-state index is 0.0266. The van der Waals surface area contributed by atoms with Crippen LogP contribution in [0.15, 0.2) is 42.5 Å². The average molecular weight is 503 g/mol. The Hall–Kier alpha value is -3.36. The highest BCUT2D eigenvalue weighted by molar-refractivity contribution is 5.93. The molecule has 2 aromatic carbocycles. The molecular weight excluding hydrogens is 470 g/mol. The van der Waals surface area contributed by atoms with Crippen LogP contribution >= 0.6 is 0 Å². The molecule has 2 atom stereocenters. The summed E-state index contributed by atoms with van der Waals surface area (Å²) in [5.41, 5.74) is 0.672. The summed E-state index contributed by atoms with van der Waals surface area (Å²) in [5, 5.41) is 0. The quantitative estimate of drug-likeness (QED) is 0.459. The normalized spacial score (nSPS) is 19.4. The maximum atomic E-state index is 15.5. The van der Waals surface area contributed by atoms with Gasteiger partial charge in [-0.05, 0) is 49.8 Å². The Labute approximate surface area is 209 Å². The van der Waals surface area contributed by atoms with Gasteiger partial charge in [-0.15, -0.1) is 0 Å². The number of likely N-dealkylation sites (tertiary alicyclic amines) is 1. The van der Waals surface area contributed by atoms with Crippen LogP contribution in [0, 0.1) is 0 Å². The van der Waals surface area contributed by atoms with E-state index in [0.29, 0.717) is 19.4 Å². The van der Waals surface area contributed by atoms with E-state index in [9.17, 15) is 9.59 Å². The lowest BCUT2D eigenvalue weighted by Gasteiger charge is -2.41. The molecule has 2 aromatic rings. The van der Waals surface area contributed by atoms with Crippen molar-refractivity contribution in [3.8, 4) is 17.2 Å². The molecule has 0 radical (unpaired) electrons. The van der Waals surface area contributed by atoms with Crippen molar-refractivity contribution >= 4 is 11.8 Å². The van der Waals surface area contributed by atoms with E-state index in [2.05, 4.69) is 12.1 Å². The molecule has 0 N–H and O–H groups in total. The third-order valence-electron chi connectivity index (χ3n) is 7.05. The van der Waals surface area contributed by atoms with E-state index in [-0.39, 0.29) is 29.7 Å². The highest BCUT2D eigenvalue weighted by Gasteiger charge is 2.55. The summed E-state index contributed by atoms with van der Waals surface area (Å²) in [6.07, 6.45) is 3.57. The van der Waals surface area contributed by atoms with Crippen molar-refractivity contribution in [3.63, 3.8) is 0 Å². The molecule has 2 fully saturated rings. The molecule has 2 aliphatic rings. The van der Waals surface area contributed by atoms with Gasteiger partial charge < -0.3 is 24.0 Å². The van der Waals surface area contributed by atoms with Gasteiger partial charge in [0.05, 0.1) is 27.4 Å². The number of benzene rings is 2. The van der Waals surface area contributed by atoms with E-state index in [1.165, 1.54) is 26.9 Å². The molecule has 0 aliphatic carbocycles. The van der Waals surface area contributed by atoms with Crippen LogP contribution in [0.1, 0.15) is 36.8 Å². The third kappa shape index (κ3) is 4.83. The first-order chi connectivity index (χ1) is 17.3. The fourth-order valence-corrected chi connectivity index (χ4v) is 5.19. The van der Waals surface area contributed by atoms with Gasteiger partial charge in [-0.25, -0.2) is 0 Å². The first kappa shape index (κ1) is 25.7. The molecule has 9 heteroatoms. The van der Waals surface area contributed by atoms with E-state index >= 15 is 8.78 Å². The largest absolute Gasteiger partial charge is 0.493 e. The Morgan fingerprint density at radius 2 is 1.67 bits per heavy atom. The first-order valence-electron chi connectivity index (χ1n) is 12.2. The zero-order valence-corrected chi connectivity index (χ0v) is 20.8. The van der Waals surface area contributed by atoms with Gasteiger partial charge in [0.1, 0.15) is 6.04 Å². The number of piperazine rings is 1. The summed E-state index contributed by atoms with van der Waals surface area (Å²) in [6.45, 7) is 0.835. The van der Waals surface area contributed by atoms with Crippen molar-refractivity contribution < 1.29 is 32.6 Å². The molecule has 0 unspecified atom stereocenters. The number of alkyl halides is 2. The summed E-state index contributed by atoms with van der Waals surface area (Å²) < 4.78 is 46.6. The number of methoxy groups -OCH3 is 3. The predicted octanol–water partition coefficient (Wildman–Crippen LogP) is 4.03. The van der Waals surface area contributed by atoms with Gasteiger partial charge in [0.25, 0.3) is 5.91 Å². The van der Waals surface area contributed by atoms with Crippen molar-refractivity contribution in [2.24, 2.45) is 0 Å². The van der Waals surface area contributed by atoms with Crippen LogP contribution in [0.25, 0.3) is 0 Å². The molecule has 2 aliphatic heterocycles. The molecule has 2 heterocycles. The smallest absolute Gasteiger partial charge is 0.350 e. The fraction of sp³-hybridized carbons (Fsp3) is 0.481. The number of unbranched alkanes of at least 4 members (excludes halogenated alkanes) is 1. The standard InChI is InChI=1S/C27H32F2N2O5/c1-34-22-15-19(16-23(35-2)24(22)36-3)27(28,29)26(33)31-20-12-13-21(31)25(32)30(17-20)14-8-7-11-18-9-5-4-6-10-18/h4-6,9-10,15-16,20-21H,7-8,11-14,17H2,1-3H3/t20-,21+/m1/s1. The summed E-state index contributed by atoms with van der Waals surface area (Å²) in [6, 6.07) is 11.0. The Morgan fingerprint density at radius 3 is 2.28 bits per heavy atom. The van der Waals surface area contributed by atoms with E-state index in [1.54, 1.807) is 4.90 Å². The van der Waals surface area contributed by atoms with Gasteiger partial charge in [0.2, 0.25) is 11.7 Å². The van der Waals surface area contributed by atoms with E-state index in [1.807, 2.05) is 18.2 Å². The summed E-state index contributed by atoms with van der Waals surface area (Å²) in [5.74, 6) is -5.29. The number of halogens is 2. The minimum Gasteiger partial charge on any atom is -0.493 e. The maximum absolute atomic E-state index is 15.5. The number of amides is 2. The number of nitrogens with zero attached hydrogens (tertiary/aromatic N) is 2. The number of hydrogen-bond acceptors (Lipinski definition) is 5. The van der Waals surface area contributed by atoms with Gasteiger partial charge >= 0.3 is 5.92 Å². The van der Waals surface area contributed by atoms with Crippen molar-refractivity contribution in [2.45, 2.75) is 50.1 Å². The molecule has 0 spiro atoms. The number of ether oxygens (including phenoxy) is 3. The monoisotopic (exact) mass is 502 g/mol. The van der Waals surface area contributed by atoms with Crippen molar-refractivity contribution in [2.75, 3.05) is 34.4 Å². The molecule has 0 aromatic heterocycles. The zero-order valence-electron chi connectivity index (χ0n) is 20.8. The van der Waals surface area contributed by atoms with Gasteiger partial charge in [0.15, 0.2) is 11.5 Å². The summed E-state index contributed by atoms with van der Waals surface area (Å²) in [7, 11) is 4.01. The Balaban J connectivity index is 1.45. The topological polar surface area (TPSA) is 68.3 Å². The van der Waals surface area contributed by atoms with Gasteiger partial charge in [-0.2, -0.15) is 8.78 Å². The second kappa shape index (κ2) is 10.7. The molecule has 2 amide bonds. The van der Waals surface area contributed by atoms with Crippen LogP contribution in [0.4, 0.5) is 8.78 Å². The number of carbonyl (C=O) groups is 2. The molecular formula is C27H32F2N2O5. The predicted molar refractivity (Wildman–Crippen MR) is 130 cm³/mol. The molecule has 2 bridgehead atoms. The minimum atomic E-state index is -3.87. The second-order valence-electron chi connectivity index (χ2n) is 9.17. The van der Waals surface area contributed by atoms with Crippen molar-refractivity contribution in [1.29, 1.82) is 0 Å². The van der Waals surface area contributed by atoms with Crippen molar-refractivity contribution in [1.82, 2.24) is 9.80 Å². The lowest BCUT2D eigenvalue weighted by molar-refractivity contribution is -0.170. The SMILES string of the molecule is COc1cc(C(F)(F)C(=O)N2[C@@H]3CC[C@H]2C(=O)N(CCCCc2ccccc2)C3)cc(OC)c1OC. The molecule has 36 heavy (non-hydrogen) atoms. The number of aryl methyl sites for hydroxylation is 1. The first-order valence-corrected chi connectivity index (χ1v) is 12.2. The van der Waals surface area contributed by atoms with Crippen LogP contribution < -0.4 is 14.2 Å². The molecule has 4 rings (SSSR count). The van der Waals surface area contributed by atoms with Gasteiger partial charge in [-0.1, -0.05) is 30.3 Å². The Morgan fingerprint density at radius 1 is 1.00 bits per heavy atom. The van der Waals surface area contributed by atoms with Gasteiger partial charge in [-0.3, -0.25) is 9.59 Å². The van der Waals surface area contributed by atoms with E-state index < -0.39 is 29.5 Å². The molecule has 2 saturated heterocycles. The van der Waals surface area contributed by atoms with Crippen LogP contribution in [-0.2, 0) is 21.9 Å². The molecule has 0 saturated carbocycles. The molecule has 7 nitrogen and oxygen atoms in total. The maximum Gasteiger partial charge on any atom is 0.350 e. The zero-order chi connectivity index (χ0) is 25.9. The number of carbonyl (C=O) groups excluding carboxylic acids is 2. The van der Waals surface area contributed by atoms with E-state index in [0.717, 1.165) is 36.3 Å². The third-order valence-corrected chi connectivity index (χ3v) is 7.05. The number of fused-ring (bicyclic) bond motifs is 2. The average Bonchev–Trinajstić information content (AvgIpc) is 3.24. The highest BCUT2D eigenvalue weighted by atomic mass is 19.3. The number of hydrogen-bond donors (Lipinski definition) is 0.